The van der Waals surface area contributed by atoms with Crippen molar-refractivity contribution in [1.29, 1.82) is 0 Å². The second-order valence-corrected chi connectivity index (χ2v) is 5.45. The van der Waals surface area contributed by atoms with Crippen LogP contribution in [0.15, 0.2) is 42.6 Å². The van der Waals surface area contributed by atoms with Crippen molar-refractivity contribution in [1.82, 2.24) is 4.98 Å². The van der Waals surface area contributed by atoms with Crippen molar-refractivity contribution in [3.05, 3.63) is 53.7 Å². The summed E-state index contributed by atoms with van der Waals surface area (Å²) in [5, 5.41) is 0. The Labute approximate surface area is 126 Å². The van der Waals surface area contributed by atoms with E-state index in [2.05, 4.69) is 46.0 Å². The van der Waals surface area contributed by atoms with Crippen LogP contribution in [0.5, 0.6) is 0 Å². The zero-order chi connectivity index (χ0) is 14.7. The quantitative estimate of drug-likeness (QED) is 0.937. The number of anilines is 2. The summed E-state index contributed by atoms with van der Waals surface area (Å²) in [6.45, 7) is 6.77. The predicted octanol–water partition coefficient (Wildman–Crippen LogP) is 2.18. The van der Waals surface area contributed by atoms with Crippen LogP contribution in [-0.4, -0.2) is 31.2 Å². The Bertz CT molecular complexity index is 589. The van der Waals surface area contributed by atoms with Gasteiger partial charge in [0.2, 0.25) is 0 Å². The van der Waals surface area contributed by atoms with Crippen molar-refractivity contribution >= 4 is 11.5 Å². The minimum absolute atomic E-state index is 0.595. The van der Waals surface area contributed by atoms with Gasteiger partial charge in [-0.2, -0.15) is 0 Å². The highest BCUT2D eigenvalue weighted by Crippen LogP contribution is 2.26. The third-order valence-corrected chi connectivity index (χ3v) is 4.11. The van der Waals surface area contributed by atoms with E-state index in [1.165, 1.54) is 16.8 Å². The average molecular weight is 282 g/mol. The summed E-state index contributed by atoms with van der Waals surface area (Å²) >= 11 is 0. The number of aromatic nitrogens is 1. The highest BCUT2D eigenvalue weighted by atomic mass is 15.3. The molecule has 0 bridgehead atoms. The molecule has 4 heteroatoms. The molecule has 2 heterocycles. The Morgan fingerprint density at radius 2 is 1.76 bits per heavy atom. The van der Waals surface area contributed by atoms with E-state index in [1.807, 2.05) is 18.3 Å². The molecule has 2 N–H and O–H groups in total. The third-order valence-electron chi connectivity index (χ3n) is 4.11. The van der Waals surface area contributed by atoms with Crippen molar-refractivity contribution in [2.75, 3.05) is 36.0 Å². The van der Waals surface area contributed by atoms with E-state index in [0.717, 1.165) is 32.0 Å². The molecule has 1 aromatic heterocycles. The van der Waals surface area contributed by atoms with Gasteiger partial charge >= 0.3 is 0 Å². The molecule has 0 amide bonds. The summed E-state index contributed by atoms with van der Waals surface area (Å²) in [5.41, 5.74) is 9.76. The zero-order valence-electron chi connectivity index (χ0n) is 12.5. The fourth-order valence-corrected chi connectivity index (χ4v) is 3.04. The highest BCUT2D eigenvalue weighted by Gasteiger charge is 2.20. The summed E-state index contributed by atoms with van der Waals surface area (Å²) in [4.78, 5) is 9.24. The molecule has 3 rings (SSSR count). The number of nitrogens with zero attached hydrogens (tertiary/aromatic N) is 3. The maximum atomic E-state index is 5.90. The Kier molecular flexibility index (Phi) is 4.06. The maximum absolute atomic E-state index is 5.90. The van der Waals surface area contributed by atoms with Gasteiger partial charge in [0.15, 0.2) is 0 Å². The lowest BCUT2D eigenvalue weighted by Gasteiger charge is -2.38. The molecule has 0 unspecified atom stereocenters. The second kappa shape index (κ2) is 6.14. The number of nitrogens with two attached hydrogens (primary N) is 1. The average Bonchev–Trinajstić information content (AvgIpc) is 2.55. The lowest BCUT2D eigenvalue weighted by atomic mass is 10.1. The van der Waals surface area contributed by atoms with Crippen molar-refractivity contribution in [2.24, 2.45) is 5.73 Å². The van der Waals surface area contributed by atoms with Crippen LogP contribution in [0.4, 0.5) is 11.5 Å². The van der Waals surface area contributed by atoms with E-state index >= 15 is 0 Å². The number of aryl methyl sites for hydroxylation is 1. The van der Waals surface area contributed by atoms with Gasteiger partial charge < -0.3 is 15.5 Å². The molecule has 21 heavy (non-hydrogen) atoms. The molecule has 0 radical (unpaired) electrons. The third kappa shape index (κ3) is 2.85. The fourth-order valence-electron chi connectivity index (χ4n) is 3.04. The second-order valence-electron chi connectivity index (χ2n) is 5.45. The molecule has 0 saturated carbocycles. The van der Waals surface area contributed by atoms with Crippen LogP contribution >= 0.6 is 0 Å². The topological polar surface area (TPSA) is 45.4 Å². The zero-order valence-corrected chi connectivity index (χ0v) is 12.5. The summed E-state index contributed by atoms with van der Waals surface area (Å²) in [6, 6.07) is 12.5. The fraction of sp³-hybridized carbons (Fsp3) is 0.353. The molecule has 4 nitrogen and oxygen atoms in total. The number of para-hydroxylation sites is 1. The highest BCUT2D eigenvalue weighted by molar-refractivity contribution is 5.60. The van der Waals surface area contributed by atoms with Crippen LogP contribution < -0.4 is 15.5 Å². The molecular formula is C17H22N4. The van der Waals surface area contributed by atoms with E-state index in [1.54, 1.807) is 0 Å². The van der Waals surface area contributed by atoms with Gasteiger partial charge in [-0.1, -0.05) is 24.3 Å². The number of pyridine rings is 1. The molecule has 0 aliphatic carbocycles. The number of benzene rings is 1. The lowest BCUT2D eigenvalue weighted by Crippen LogP contribution is -2.47. The van der Waals surface area contributed by atoms with Crippen molar-refractivity contribution in [3.63, 3.8) is 0 Å². The van der Waals surface area contributed by atoms with Crippen LogP contribution in [0, 0.1) is 6.92 Å². The Morgan fingerprint density at radius 3 is 2.43 bits per heavy atom. The Hall–Kier alpha value is -2.07. The molecule has 1 aromatic carbocycles. The number of piperazine rings is 1. The molecule has 2 aromatic rings. The standard InChI is InChI=1S/C17H22N4/c1-14-5-4-6-15(13-18)17(14)21-11-9-20(10-12-21)16-7-2-3-8-19-16/h2-8H,9-13,18H2,1H3. The first-order valence-corrected chi connectivity index (χ1v) is 7.49. The van der Waals surface area contributed by atoms with Crippen LogP contribution in [0.3, 0.4) is 0 Å². The minimum atomic E-state index is 0.595. The van der Waals surface area contributed by atoms with Crippen molar-refractivity contribution in [3.8, 4) is 0 Å². The molecule has 0 spiro atoms. The van der Waals surface area contributed by atoms with Gasteiger partial charge in [0.05, 0.1) is 0 Å². The Balaban J connectivity index is 1.75. The first-order chi connectivity index (χ1) is 10.3. The Morgan fingerprint density at radius 1 is 1.00 bits per heavy atom. The normalized spacial score (nSPS) is 15.3. The lowest BCUT2D eigenvalue weighted by molar-refractivity contribution is 0.644. The smallest absolute Gasteiger partial charge is 0.128 e. The van der Waals surface area contributed by atoms with Gasteiger partial charge in [-0.3, -0.25) is 0 Å². The number of hydrogen-bond acceptors (Lipinski definition) is 4. The molecule has 1 saturated heterocycles. The van der Waals surface area contributed by atoms with Crippen molar-refractivity contribution < 1.29 is 0 Å². The summed E-state index contributed by atoms with van der Waals surface area (Å²) in [6.07, 6.45) is 1.86. The van der Waals surface area contributed by atoms with Gasteiger partial charge in [-0.25, -0.2) is 4.98 Å². The summed E-state index contributed by atoms with van der Waals surface area (Å²) in [5.74, 6) is 1.07. The van der Waals surface area contributed by atoms with Gasteiger partial charge in [0, 0.05) is 44.6 Å². The molecule has 1 aliphatic heterocycles. The number of rotatable bonds is 3. The SMILES string of the molecule is Cc1cccc(CN)c1N1CCN(c2ccccn2)CC1. The van der Waals surface area contributed by atoms with E-state index < -0.39 is 0 Å². The van der Waals surface area contributed by atoms with Gasteiger partial charge in [0.25, 0.3) is 0 Å². The summed E-state index contributed by atoms with van der Waals surface area (Å²) in [7, 11) is 0. The first kappa shape index (κ1) is 13.9. The molecule has 0 atom stereocenters. The predicted molar refractivity (Wildman–Crippen MR) is 87.7 cm³/mol. The minimum Gasteiger partial charge on any atom is -0.368 e. The largest absolute Gasteiger partial charge is 0.368 e. The maximum Gasteiger partial charge on any atom is 0.128 e. The van der Waals surface area contributed by atoms with Crippen LogP contribution in [-0.2, 0) is 6.54 Å². The van der Waals surface area contributed by atoms with Gasteiger partial charge in [-0.05, 0) is 30.2 Å². The van der Waals surface area contributed by atoms with Crippen LogP contribution in [0.25, 0.3) is 0 Å². The molecular weight excluding hydrogens is 260 g/mol. The van der Waals surface area contributed by atoms with E-state index in [9.17, 15) is 0 Å². The monoisotopic (exact) mass is 282 g/mol. The molecule has 1 fully saturated rings. The van der Waals surface area contributed by atoms with E-state index in [-0.39, 0.29) is 0 Å². The van der Waals surface area contributed by atoms with Gasteiger partial charge in [-0.15, -0.1) is 0 Å². The van der Waals surface area contributed by atoms with Gasteiger partial charge in [0.1, 0.15) is 5.82 Å². The van der Waals surface area contributed by atoms with E-state index in [4.69, 9.17) is 5.73 Å². The molecule has 110 valence electrons. The van der Waals surface area contributed by atoms with E-state index in [0.29, 0.717) is 6.54 Å². The summed E-state index contributed by atoms with van der Waals surface area (Å²) < 4.78 is 0. The first-order valence-electron chi connectivity index (χ1n) is 7.49. The molecule has 1 aliphatic rings. The van der Waals surface area contributed by atoms with Crippen molar-refractivity contribution in [2.45, 2.75) is 13.5 Å². The number of hydrogen-bond donors (Lipinski definition) is 1. The van der Waals surface area contributed by atoms with Crippen LogP contribution in [0.2, 0.25) is 0 Å². The van der Waals surface area contributed by atoms with Crippen LogP contribution in [0.1, 0.15) is 11.1 Å².